The first kappa shape index (κ1) is 14.1. The van der Waals surface area contributed by atoms with Crippen LogP contribution < -0.4 is 5.32 Å². The summed E-state index contributed by atoms with van der Waals surface area (Å²) in [4.78, 5) is 11.3. The molecule has 100 valence electrons. The second-order valence-corrected chi connectivity index (χ2v) is 5.09. The number of aliphatic hydroxyl groups is 1. The van der Waals surface area contributed by atoms with E-state index in [9.17, 15) is 18.0 Å². The van der Waals surface area contributed by atoms with E-state index in [4.69, 9.17) is 9.84 Å². The topological polar surface area (TPSA) is 58.6 Å². The molecule has 2 N–H and O–H groups in total. The standard InChI is InChI=1S/C10H16F3NO3/c1-9(2,3)17-8(16)14-7-5(4-15)6(7)10(11,12)13/h5-7,15H,4H2,1-3H3,(H,14,16)/t5-,6-,7-/m0/s1. The number of alkyl carbamates (subject to hydrolysis) is 1. The van der Waals surface area contributed by atoms with Crippen molar-refractivity contribution in [1.82, 2.24) is 5.32 Å². The Bertz CT molecular complexity index is 298. The van der Waals surface area contributed by atoms with E-state index < -0.39 is 42.4 Å². The maximum absolute atomic E-state index is 12.4. The molecule has 0 spiro atoms. The van der Waals surface area contributed by atoms with Gasteiger partial charge in [-0.3, -0.25) is 0 Å². The molecule has 0 unspecified atom stereocenters. The fourth-order valence-electron chi connectivity index (χ4n) is 1.69. The van der Waals surface area contributed by atoms with Crippen molar-refractivity contribution in [1.29, 1.82) is 0 Å². The van der Waals surface area contributed by atoms with Crippen LogP contribution in [0.2, 0.25) is 0 Å². The minimum absolute atomic E-state index is 0.607. The largest absolute Gasteiger partial charge is 0.444 e. The zero-order chi connectivity index (χ0) is 13.4. The van der Waals surface area contributed by atoms with E-state index in [2.05, 4.69) is 5.32 Å². The molecule has 0 aromatic heterocycles. The van der Waals surface area contributed by atoms with Crippen molar-refractivity contribution in [3.8, 4) is 0 Å². The van der Waals surface area contributed by atoms with Gasteiger partial charge in [-0.25, -0.2) is 4.79 Å². The summed E-state index contributed by atoms with van der Waals surface area (Å²) in [5, 5.41) is 10.9. The van der Waals surface area contributed by atoms with Gasteiger partial charge in [0.05, 0.1) is 5.92 Å². The Balaban J connectivity index is 2.51. The quantitative estimate of drug-likeness (QED) is 0.789. The number of halogens is 3. The zero-order valence-electron chi connectivity index (χ0n) is 9.84. The zero-order valence-corrected chi connectivity index (χ0v) is 9.84. The molecule has 1 rings (SSSR count). The number of ether oxygens (including phenoxy) is 1. The molecule has 3 atom stereocenters. The lowest BCUT2D eigenvalue weighted by atomic mass is 10.2. The van der Waals surface area contributed by atoms with Gasteiger partial charge in [-0.2, -0.15) is 13.2 Å². The number of aliphatic hydroxyl groups excluding tert-OH is 1. The van der Waals surface area contributed by atoms with E-state index in [1.165, 1.54) is 0 Å². The molecule has 1 saturated carbocycles. The van der Waals surface area contributed by atoms with Gasteiger partial charge in [0.1, 0.15) is 5.60 Å². The van der Waals surface area contributed by atoms with Gasteiger partial charge in [-0.15, -0.1) is 0 Å². The van der Waals surface area contributed by atoms with Crippen molar-refractivity contribution in [3.63, 3.8) is 0 Å². The van der Waals surface area contributed by atoms with E-state index in [0.29, 0.717) is 0 Å². The van der Waals surface area contributed by atoms with Gasteiger partial charge in [-0.1, -0.05) is 0 Å². The first-order chi connectivity index (χ1) is 7.56. The second-order valence-electron chi connectivity index (χ2n) is 5.09. The highest BCUT2D eigenvalue weighted by molar-refractivity contribution is 5.68. The smallest absolute Gasteiger partial charge is 0.407 e. The molecular formula is C10H16F3NO3. The Morgan fingerprint density at radius 3 is 2.18 bits per heavy atom. The normalized spacial score (nSPS) is 28.8. The number of hydrogen-bond donors (Lipinski definition) is 2. The van der Waals surface area contributed by atoms with Gasteiger partial charge < -0.3 is 15.2 Å². The van der Waals surface area contributed by atoms with Crippen molar-refractivity contribution in [2.75, 3.05) is 6.61 Å². The predicted molar refractivity (Wildman–Crippen MR) is 53.3 cm³/mol. The number of hydrogen-bond acceptors (Lipinski definition) is 3. The van der Waals surface area contributed by atoms with Gasteiger partial charge in [0.15, 0.2) is 0 Å². The van der Waals surface area contributed by atoms with Crippen LogP contribution in [0, 0.1) is 11.8 Å². The molecule has 0 heterocycles. The third-order valence-electron chi connectivity index (χ3n) is 2.44. The first-order valence-corrected chi connectivity index (χ1v) is 5.23. The SMILES string of the molecule is CC(C)(C)OC(=O)N[C@H]1[C@@H](CO)[C@@H]1C(F)(F)F. The fraction of sp³-hybridized carbons (Fsp3) is 0.900. The molecule has 1 fully saturated rings. The molecular weight excluding hydrogens is 239 g/mol. The highest BCUT2D eigenvalue weighted by Gasteiger charge is 2.64. The molecule has 1 amide bonds. The molecule has 1 aliphatic carbocycles. The van der Waals surface area contributed by atoms with Crippen LogP contribution in [-0.4, -0.2) is 35.6 Å². The number of rotatable bonds is 2. The third kappa shape index (κ3) is 3.76. The second kappa shape index (κ2) is 4.36. The van der Waals surface area contributed by atoms with Crippen molar-refractivity contribution >= 4 is 6.09 Å². The fourth-order valence-corrected chi connectivity index (χ4v) is 1.69. The molecule has 0 saturated heterocycles. The summed E-state index contributed by atoms with van der Waals surface area (Å²) in [5.74, 6) is -2.65. The van der Waals surface area contributed by atoms with Crippen molar-refractivity contribution < 1.29 is 27.8 Å². The van der Waals surface area contributed by atoms with E-state index >= 15 is 0 Å². The van der Waals surface area contributed by atoms with E-state index in [-0.39, 0.29) is 0 Å². The lowest BCUT2D eigenvalue weighted by Crippen LogP contribution is -2.36. The highest BCUT2D eigenvalue weighted by Crippen LogP contribution is 2.49. The maximum atomic E-state index is 12.4. The summed E-state index contributed by atoms with van der Waals surface area (Å²) >= 11 is 0. The molecule has 0 aliphatic heterocycles. The maximum Gasteiger partial charge on any atom is 0.407 e. The lowest BCUT2D eigenvalue weighted by Gasteiger charge is -2.19. The van der Waals surface area contributed by atoms with Gasteiger partial charge in [-0.05, 0) is 20.8 Å². The van der Waals surface area contributed by atoms with Gasteiger partial charge in [0, 0.05) is 18.6 Å². The van der Waals surface area contributed by atoms with Gasteiger partial charge >= 0.3 is 12.3 Å². The van der Waals surface area contributed by atoms with Crippen LogP contribution in [0.3, 0.4) is 0 Å². The first-order valence-electron chi connectivity index (χ1n) is 5.23. The van der Waals surface area contributed by atoms with E-state index in [0.717, 1.165) is 0 Å². The van der Waals surface area contributed by atoms with Crippen molar-refractivity contribution in [2.24, 2.45) is 11.8 Å². The summed E-state index contributed by atoms with van der Waals surface area (Å²) in [6, 6.07) is -1.09. The minimum Gasteiger partial charge on any atom is -0.444 e. The average molecular weight is 255 g/mol. The summed E-state index contributed by atoms with van der Waals surface area (Å²) < 4.78 is 42.1. The predicted octanol–water partition coefficient (Wildman–Crippen LogP) is 1.68. The molecule has 0 aromatic rings. The number of carbonyl (C=O) groups is 1. The van der Waals surface area contributed by atoms with Crippen molar-refractivity contribution in [3.05, 3.63) is 0 Å². The average Bonchev–Trinajstić information content (AvgIpc) is 2.73. The molecule has 0 radical (unpaired) electrons. The Kier molecular flexibility index (Phi) is 3.61. The summed E-state index contributed by atoms with van der Waals surface area (Å²) in [6.07, 6.45) is -5.31. The molecule has 17 heavy (non-hydrogen) atoms. The van der Waals surface area contributed by atoms with Crippen LogP contribution in [0.15, 0.2) is 0 Å². The molecule has 7 heteroatoms. The van der Waals surface area contributed by atoms with Crippen LogP contribution in [0.5, 0.6) is 0 Å². The van der Waals surface area contributed by atoms with Crippen LogP contribution in [0.4, 0.5) is 18.0 Å². The summed E-state index contributed by atoms with van der Waals surface area (Å²) in [7, 11) is 0. The van der Waals surface area contributed by atoms with E-state index in [1.54, 1.807) is 20.8 Å². The highest BCUT2D eigenvalue weighted by atomic mass is 19.4. The number of amides is 1. The summed E-state index contributed by atoms with van der Waals surface area (Å²) in [5.41, 5.74) is -0.762. The van der Waals surface area contributed by atoms with Crippen LogP contribution in [-0.2, 0) is 4.74 Å². The van der Waals surface area contributed by atoms with Crippen LogP contribution in [0.1, 0.15) is 20.8 Å². The lowest BCUT2D eigenvalue weighted by molar-refractivity contribution is -0.153. The monoisotopic (exact) mass is 255 g/mol. The van der Waals surface area contributed by atoms with Crippen LogP contribution in [0.25, 0.3) is 0 Å². The number of nitrogens with one attached hydrogen (secondary N) is 1. The Morgan fingerprint density at radius 2 is 1.88 bits per heavy atom. The van der Waals surface area contributed by atoms with Gasteiger partial charge in [0.2, 0.25) is 0 Å². The van der Waals surface area contributed by atoms with Crippen LogP contribution >= 0.6 is 0 Å². The van der Waals surface area contributed by atoms with E-state index in [1.807, 2.05) is 0 Å². The molecule has 0 aromatic carbocycles. The Morgan fingerprint density at radius 1 is 1.35 bits per heavy atom. The number of carbonyl (C=O) groups excluding carboxylic acids is 1. The Hall–Kier alpha value is -0.980. The van der Waals surface area contributed by atoms with Crippen molar-refractivity contribution in [2.45, 2.75) is 38.6 Å². The minimum atomic E-state index is -4.41. The molecule has 1 aliphatic rings. The molecule has 4 nitrogen and oxygen atoms in total. The summed E-state index contributed by atoms with van der Waals surface area (Å²) in [6.45, 7) is 4.24. The van der Waals surface area contributed by atoms with Gasteiger partial charge in [0.25, 0.3) is 0 Å². The third-order valence-corrected chi connectivity index (χ3v) is 2.44. The Labute approximate surface area is 97.1 Å². The molecule has 0 bridgehead atoms. The number of alkyl halides is 3.